The second kappa shape index (κ2) is 9.10. The monoisotopic (exact) mass is 436 g/mol. The van der Waals surface area contributed by atoms with Crippen molar-refractivity contribution in [2.75, 3.05) is 13.1 Å². The molecule has 2 amide bonds. The highest BCUT2D eigenvalue weighted by Crippen LogP contribution is 2.39. The van der Waals surface area contributed by atoms with E-state index in [1.165, 1.54) is 16.7 Å². The summed E-state index contributed by atoms with van der Waals surface area (Å²) >= 11 is 1.75. The van der Waals surface area contributed by atoms with E-state index in [2.05, 4.69) is 30.5 Å². The lowest BCUT2D eigenvalue weighted by Gasteiger charge is -2.39. The van der Waals surface area contributed by atoms with Crippen molar-refractivity contribution in [3.8, 4) is 0 Å². The van der Waals surface area contributed by atoms with Gasteiger partial charge in [-0.05, 0) is 67.0 Å². The van der Waals surface area contributed by atoms with Gasteiger partial charge in [-0.15, -0.1) is 11.3 Å². The Morgan fingerprint density at radius 2 is 2.00 bits per heavy atom. The predicted molar refractivity (Wildman–Crippen MR) is 122 cm³/mol. The molecule has 0 spiro atoms. The van der Waals surface area contributed by atoms with Crippen molar-refractivity contribution in [1.29, 1.82) is 0 Å². The van der Waals surface area contributed by atoms with Crippen LogP contribution in [-0.4, -0.2) is 40.7 Å². The van der Waals surface area contributed by atoms with Crippen LogP contribution in [0.5, 0.6) is 0 Å². The first kappa shape index (κ1) is 21.4. The summed E-state index contributed by atoms with van der Waals surface area (Å²) in [5.41, 5.74) is 3.50. The highest BCUT2D eigenvalue weighted by molar-refractivity contribution is 7.10. The third-order valence-corrected chi connectivity index (χ3v) is 7.19. The number of hydrogen-bond acceptors (Lipinski definition) is 4. The van der Waals surface area contributed by atoms with Crippen LogP contribution >= 0.6 is 11.3 Å². The molecule has 1 aromatic carbocycles. The normalized spacial score (nSPS) is 16.6. The van der Waals surface area contributed by atoms with Gasteiger partial charge >= 0.3 is 0 Å². The largest absolute Gasteiger partial charge is 0.459 e. The summed E-state index contributed by atoms with van der Waals surface area (Å²) in [6, 6.07) is 13.5. The Morgan fingerprint density at radius 3 is 2.71 bits per heavy atom. The fourth-order valence-corrected chi connectivity index (χ4v) is 5.14. The predicted octanol–water partition coefficient (Wildman–Crippen LogP) is 5.06. The van der Waals surface area contributed by atoms with Crippen LogP contribution in [-0.2, 0) is 11.2 Å². The Hall–Kier alpha value is -2.86. The molecule has 162 valence electrons. The van der Waals surface area contributed by atoms with Gasteiger partial charge in [-0.1, -0.05) is 31.2 Å². The molecule has 2 aromatic heterocycles. The number of amides is 2. The van der Waals surface area contributed by atoms with Gasteiger partial charge in [0, 0.05) is 17.5 Å². The smallest absolute Gasteiger partial charge is 0.290 e. The Bertz CT molecular complexity index is 1060. The van der Waals surface area contributed by atoms with E-state index in [9.17, 15) is 9.59 Å². The van der Waals surface area contributed by atoms with Gasteiger partial charge in [-0.3, -0.25) is 9.59 Å². The van der Waals surface area contributed by atoms with E-state index in [-0.39, 0.29) is 36.2 Å². The Balaban J connectivity index is 1.65. The zero-order chi connectivity index (χ0) is 22.0. The lowest BCUT2D eigenvalue weighted by Crippen LogP contribution is -2.49. The highest BCUT2D eigenvalue weighted by Gasteiger charge is 2.35. The molecule has 0 saturated carbocycles. The van der Waals surface area contributed by atoms with Crippen molar-refractivity contribution in [1.82, 2.24) is 9.80 Å². The van der Waals surface area contributed by atoms with Gasteiger partial charge in [0.25, 0.3) is 5.91 Å². The number of nitrogens with zero attached hydrogens (tertiary/aromatic N) is 2. The van der Waals surface area contributed by atoms with Crippen molar-refractivity contribution >= 4 is 23.2 Å². The topological polar surface area (TPSA) is 53.8 Å². The molecule has 0 bridgehead atoms. The number of benzene rings is 1. The van der Waals surface area contributed by atoms with Gasteiger partial charge in [0.2, 0.25) is 5.91 Å². The maximum atomic E-state index is 13.6. The van der Waals surface area contributed by atoms with E-state index < -0.39 is 0 Å². The third-order valence-electron chi connectivity index (χ3n) is 6.19. The summed E-state index contributed by atoms with van der Waals surface area (Å²) in [5, 5.41) is 2.11. The number of hydrogen-bond donors (Lipinski definition) is 0. The van der Waals surface area contributed by atoms with Crippen molar-refractivity contribution in [2.45, 2.75) is 45.7 Å². The van der Waals surface area contributed by atoms with Gasteiger partial charge in [-0.2, -0.15) is 0 Å². The molecule has 2 atom stereocenters. The number of carbonyl (C=O) groups excluding carboxylic acids is 2. The summed E-state index contributed by atoms with van der Waals surface area (Å²) in [5.74, 6) is -0.0130. The minimum Gasteiger partial charge on any atom is -0.459 e. The SMILES string of the molecule is CCC(C)N(CC(=O)N1CCc2sccc2C1c1ccccc1C)C(=O)c1ccco1. The molecule has 0 fully saturated rings. The zero-order valence-electron chi connectivity index (χ0n) is 18.2. The summed E-state index contributed by atoms with van der Waals surface area (Å²) in [6.07, 6.45) is 3.09. The fraction of sp³-hybridized carbons (Fsp3) is 0.360. The number of fused-ring (bicyclic) bond motifs is 1. The van der Waals surface area contributed by atoms with Gasteiger partial charge < -0.3 is 14.2 Å². The number of thiophene rings is 1. The summed E-state index contributed by atoms with van der Waals surface area (Å²) in [4.78, 5) is 31.6. The molecule has 0 radical (unpaired) electrons. The molecular formula is C25H28N2O3S. The molecule has 6 heteroatoms. The minimum absolute atomic E-state index is 0.0368. The molecule has 5 nitrogen and oxygen atoms in total. The molecule has 2 unspecified atom stereocenters. The Labute approximate surface area is 187 Å². The lowest BCUT2D eigenvalue weighted by molar-refractivity contribution is -0.134. The van der Waals surface area contributed by atoms with Gasteiger partial charge in [0.15, 0.2) is 5.76 Å². The summed E-state index contributed by atoms with van der Waals surface area (Å²) in [6.45, 7) is 6.77. The first-order valence-corrected chi connectivity index (χ1v) is 11.6. The van der Waals surface area contributed by atoms with Crippen LogP contribution in [0.3, 0.4) is 0 Å². The molecule has 1 aliphatic rings. The minimum atomic E-state index is -0.242. The average Bonchev–Trinajstić information content (AvgIpc) is 3.48. The van der Waals surface area contributed by atoms with Crippen LogP contribution in [0.25, 0.3) is 0 Å². The molecule has 4 rings (SSSR count). The van der Waals surface area contributed by atoms with Crippen molar-refractivity contribution in [3.05, 3.63) is 81.4 Å². The number of aryl methyl sites for hydroxylation is 1. The molecular weight excluding hydrogens is 408 g/mol. The first-order chi connectivity index (χ1) is 15.0. The van der Waals surface area contributed by atoms with E-state index in [4.69, 9.17) is 4.42 Å². The van der Waals surface area contributed by atoms with E-state index >= 15 is 0 Å². The van der Waals surface area contributed by atoms with Crippen LogP contribution in [0.1, 0.15) is 58.4 Å². The van der Waals surface area contributed by atoms with E-state index in [0.717, 1.165) is 24.0 Å². The van der Waals surface area contributed by atoms with Gasteiger partial charge in [0.05, 0.1) is 12.3 Å². The lowest BCUT2D eigenvalue weighted by atomic mass is 9.90. The Morgan fingerprint density at radius 1 is 1.19 bits per heavy atom. The standard InChI is InChI=1S/C25H28N2O3S/c1-4-18(3)27(25(29)21-10-7-14-30-21)16-23(28)26-13-11-22-20(12-15-31-22)24(26)19-9-6-5-8-17(19)2/h5-10,12,14-15,18,24H,4,11,13,16H2,1-3H3. The number of furan rings is 1. The third kappa shape index (κ3) is 4.17. The second-order valence-electron chi connectivity index (χ2n) is 8.06. The average molecular weight is 437 g/mol. The van der Waals surface area contributed by atoms with Crippen LogP contribution in [0.15, 0.2) is 58.5 Å². The van der Waals surface area contributed by atoms with Gasteiger partial charge in [-0.25, -0.2) is 0 Å². The molecule has 1 aliphatic heterocycles. The molecule has 0 aliphatic carbocycles. The van der Waals surface area contributed by atoms with Crippen molar-refractivity contribution < 1.29 is 14.0 Å². The van der Waals surface area contributed by atoms with E-state index in [1.807, 2.05) is 30.9 Å². The molecule has 3 aromatic rings. The molecule has 31 heavy (non-hydrogen) atoms. The molecule has 0 N–H and O–H groups in total. The van der Waals surface area contributed by atoms with E-state index in [0.29, 0.717) is 6.54 Å². The Kier molecular flexibility index (Phi) is 6.28. The van der Waals surface area contributed by atoms with Crippen molar-refractivity contribution in [3.63, 3.8) is 0 Å². The van der Waals surface area contributed by atoms with Crippen LogP contribution in [0.2, 0.25) is 0 Å². The van der Waals surface area contributed by atoms with Crippen LogP contribution in [0.4, 0.5) is 0 Å². The number of rotatable bonds is 6. The summed E-state index contributed by atoms with van der Waals surface area (Å²) in [7, 11) is 0. The van der Waals surface area contributed by atoms with Crippen LogP contribution in [0, 0.1) is 6.92 Å². The maximum Gasteiger partial charge on any atom is 0.290 e. The summed E-state index contributed by atoms with van der Waals surface area (Å²) < 4.78 is 5.33. The second-order valence-corrected chi connectivity index (χ2v) is 9.06. The first-order valence-electron chi connectivity index (χ1n) is 10.8. The quantitative estimate of drug-likeness (QED) is 0.542. The molecule has 3 heterocycles. The van der Waals surface area contributed by atoms with E-state index in [1.54, 1.807) is 28.4 Å². The zero-order valence-corrected chi connectivity index (χ0v) is 19.0. The van der Waals surface area contributed by atoms with Gasteiger partial charge in [0.1, 0.15) is 6.54 Å². The maximum absolute atomic E-state index is 13.6. The molecule has 0 saturated heterocycles. The highest BCUT2D eigenvalue weighted by atomic mass is 32.1. The van der Waals surface area contributed by atoms with Crippen LogP contribution < -0.4 is 0 Å². The van der Waals surface area contributed by atoms with Crippen molar-refractivity contribution in [2.24, 2.45) is 0 Å². The fourth-order valence-electron chi connectivity index (χ4n) is 4.24. The number of carbonyl (C=O) groups is 2.